The number of imide groups is 1. The van der Waals surface area contributed by atoms with Crippen molar-refractivity contribution in [2.24, 2.45) is 0 Å². The number of carbonyl (C=O) groups is 3. The molecule has 198 valence electrons. The van der Waals surface area contributed by atoms with Crippen molar-refractivity contribution in [2.75, 3.05) is 31.0 Å². The van der Waals surface area contributed by atoms with Crippen molar-refractivity contribution in [2.45, 2.75) is 32.4 Å². The Kier molecular flexibility index (Phi) is 8.47. The Bertz CT molecular complexity index is 1260. The molecule has 9 nitrogen and oxygen atoms in total. The highest BCUT2D eigenvalue weighted by Crippen LogP contribution is 2.30. The topological polar surface area (TPSA) is 97.4 Å². The lowest BCUT2D eigenvalue weighted by Crippen LogP contribution is -2.37. The van der Waals surface area contributed by atoms with Crippen molar-refractivity contribution in [1.82, 2.24) is 4.90 Å². The van der Waals surface area contributed by atoms with Crippen LogP contribution in [0.3, 0.4) is 0 Å². The highest BCUT2D eigenvalue weighted by atomic mass is 16.5. The number of carbonyl (C=O) groups excluding carboxylic acids is 3. The Morgan fingerprint density at radius 1 is 0.842 bits per heavy atom. The summed E-state index contributed by atoms with van der Waals surface area (Å²) >= 11 is 0. The van der Waals surface area contributed by atoms with Crippen molar-refractivity contribution in [3.05, 3.63) is 78.4 Å². The highest BCUT2D eigenvalue weighted by molar-refractivity contribution is 6.22. The van der Waals surface area contributed by atoms with Crippen molar-refractivity contribution < 1.29 is 28.6 Å². The molecule has 1 N–H and O–H groups in total. The largest absolute Gasteiger partial charge is 0.497 e. The molecule has 3 aromatic rings. The molecule has 0 unspecified atom stereocenters. The van der Waals surface area contributed by atoms with Gasteiger partial charge in [0.25, 0.3) is 5.91 Å². The second-order valence-corrected chi connectivity index (χ2v) is 8.77. The Labute approximate surface area is 221 Å². The summed E-state index contributed by atoms with van der Waals surface area (Å²) in [6, 6.07) is 19.4. The second kappa shape index (κ2) is 12.1. The summed E-state index contributed by atoms with van der Waals surface area (Å²) in [4.78, 5) is 42.6. The smallest absolute Gasteiger partial charge is 0.332 e. The summed E-state index contributed by atoms with van der Waals surface area (Å²) in [6.07, 6.45) is 0.703. The van der Waals surface area contributed by atoms with Gasteiger partial charge in [-0.2, -0.15) is 0 Å². The van der Waals surface area contributed by atoms with Crippen LogP contribution in [0, 0.1) is 0 Å². The van der Waals surface area contributed by atoms with Gasteiger partial charge in [-0.3, -0.25) is 9.59 Å². The van der Waals surface area contributed by atoms with Gasteiger partial charge in [-0.15, -0.1) is 0 Å². The third kappa shape index (κ3) is 6.05. The fourth-order valence-corrected chi connectivity index (χ4v) is 4.15. The zero-order valence-electron chi connectivity index (χ0n) is 21.7. The normalized spacial score (nSPS) is 15.0. The number of anilines is 2. The lowest BCUT2D eigenvalue weighted by molar-refractivity contribution is -0.124. The number of nitrogens with zero attached hydrogens (tertiary/aromatic N) is 2. The van der Waals surface area contributed by atoms with Crippen LogP contribution >= 0.6 is 0 Å². The number of amides is 4. The number of ether oxygens (including phenoxy) is 3. The first-order valence-corrected chi connectivity index (χ1v) is 12.4. The van der Waals surface area contributed by atoms with E-state index in [0.717, 1.165) is 16.9 Å². The van der Waals surface area contributed by atoms with Crippen LogP contribution in [0.25, 0.3) is 0 Å². The first-order chi connectivity index (χ1) is 18.4. The molecule has 0 aromatic heterocycles. The van der Waals surface area contributed by atoms with Crippen LogP contribution < -0.4 is 24.4 Å². The van der Waals surface area contributed by atoms with Crippen LogP contribution in [-0.2, 0) is 16.1 Å². The summed E-state index contributed by atoms with van der Waals surface area (Å²) in [7, 11) is 3.11. The number of rotatable bonds is 11. The van der Waals surface area contributed by atoms with Gasteiger partial charge in [-0.05, 0) is 72.6 Å². The predicted octanol–water partition coefficient (Wildman–Crippen LogP) is 4.86. The number of hydrogen-bond acceptors (Lipinski definition) is 6. The fourth-order valence-electron chi connectivity index (χ4n) is 4.15. The summed E-state index contributed by atoms with van der Waals surface area (Å²) in [5.74, 6) is 1.15. The Hall–Kier alpha value is -4.53. The van der Waals surface area contributed by atoms with Gasteiger partial charge in [0.15, 0.2) is 0 Å². The number of nitrogens with one attached hydrogen (secondary N) is 1. The molecule has 3 aromatic carbocycles. The summed E-state index contributed by atoms with van der Waals surface area (Å²) in [5.41, 5.74) is 1.78. The average Bonchev–Trinajstić information content (AvgIpc) is 3.16. The van der Waals surface area contributed by atoms with E-state index >= 15 is 0 Å². The van der Waals surface area contributed by atoms with Crippen LogP contribution in [0.1, 0.15) is 25.3 Å². The molecule has 38 heavy (non-hydrogen) atoms. The first kappa shape index (κ1) is 26.5. The van der Waals surface area contributed by atoms with Crippen LogP contribution in [0.15, 0.2) is 72.8 Å². The minimum absolute atomic E-state index is 0.155. The lowest BCUT2D eigenvalue weighted by Gasteiger charge is -2.22. The van der Waals surface area contributed by atoms with Crippen LogP contribution in [0.4, 0.5) is 16.2 Å². The number of methoxy groups -OCH3 is 2. The van der Waals surface area contributed by atoms with E-state index in [1.165, 1.54) is 12.0 Å². The minimum Gasteiger partial charge on any atom is -0.497 e. The molecule has 1 fully saturated rings. The van der Waals surface area contributed by atoms with E-state index in [0.29, 0.717) is 35.2 Å². The Morgan fingerprint density at radius 2 is 1.42 bits per heavy atom. The Morgan fingerprint density at radius 3 is 2.00 bits per heavy atom. The van der Waals surface area contributed by atoms with E-state index in [1.807, 2.05) is 19.1 Å². The molecule has 0 bridgehead atoms. The van der Waals surface area contributed by atoms with E-state index < -0.39 is 18.0 Å². The van der Waals surface area contributed by atoms with Gasteiger partial charge >= 0.3 is 6.03 Å². The van der Waals surface area contributed by atoms with E-state index in [2.05, 4.69) is 5.32 Å². The molecule has 4 amide bonds. The molecule has 1 aliphatic heterocycles. The molecule has 1 saturated heterocycles. The van der Waals surface area contributed by atoms with Gasteiger partial charge in [0, 0.05) is 12.2 Å². The maximum atomic E-state index is 13.5. The van der Waals surface area contributed by atoms with E-state index in [9.17, 15) is 14.4 Å². The van der Waals surface area contributed by atoms with E-state index in [4.69, 9.17) is 14.2 Å². The fraction of sp³-hybridized carbons (Fsp3) is 0.276. The monoisotopic (exact) mass is 517 g/mol. The van der Waals surface area contributed by atoms with Gasteiger partial charge in [-0.1, -0.05) is 19.1 Å². The third-order valence-corrected chi connectivity index (χ3v) is 6.15. The zero-order valence-corrected chi connectivity index (χ0v) is 21.7. The standard InChI is InChI=1S/C29H31N3O6/c1-4-17-38-25-13-7-21(8-14-25)30-27(33)18-26-28(34)32(22-9-15-24(37-3)16-10-22)29(35)31(26)19-20-5-11-23(36-2)12-6-20/h5-16,26H,4,17-19H2,1-3H3,(H,30,33)/t26-/m1/s1. The lowest BCUT2D eigenvalue weighted by atomic mass is 10.1. The second-order valence-electron chi connectivity index (χ2n) is 8.77. The van der Waals surface area contributed by atoms with Gasteiger partial charge in [0.2, 0.25) is 5.91 Å². The summed E-state index contributed by atoms with van der Waals surface area (Å²) in [6.45, 7) is 2.79. The van der Waals surface area contributed by atoms with E-state index in [-0.39, 0.29) is 18.9 Å². The van der Waals surface area contributed by atoms with Gasteiger partial charge in [-0.25, -0.2) is 9.69 Å². The predicted molar refractivity (Wildman–Crippen MR) is 144 cm³/mol. The molecule has 0 aliphatic carbocycles. The third-order valence-electron chi connectivity index (χ3n) is 6.15. The SMILES string of the molecule is CCCOc1ccc(NC(=O)C[C@@H]2C(=O)N(c3ccc(OC)cc3)C(=O)N2Cc2ccc(OC)cc2)cc1. The molecule has 1 atom stereocenters. The van der Waals surface area contributed by atoms with Crippen molar-refractivity contribution >= 4 is 29.2 Å². The molecule has 1 aliphatic rings. The maximum absolute atomic E-state index is 13.5. The number of benzene rings is 3. The molecular formula is C29H31N3O6. The van der Waals surface area contributed by atoms with Gasteiger partial charge in [0.05, 0.1) is 32.9 Å². The minimum atomic E-state index is -0.973. The van der Waals surface area contributed by atoms with Crippen molar-refractivity contribution in [1.29, 1.82) is 0 Å². The van der Waals surface area contributed by atoms with E-state index in [1.54, 1.807) is 67.8 Å². The van der Waals surface area contributed by atoms with Crippen LogP contribution in [0.5, 0.6) is 17.2 Å². The Balaban J connectivity index is 1.54. The van der Waals surface area contributed by atoms with Gasteiger partial charge in [0.1, 0.15) is 23.3 Å². The number of hydrogen-bond donors (Lipinski definition) is 1. The maximum Gasteiger partial charge on any atom is 0.332 e. The van der Waals surface area contributed by atoms with Crippen LogP contribution in [-0.4, -0.2) is 49.6 Å². The van der Waals surface area contributed by atoms with Crippen LogP contribution in [0.2, 0.25) is 0 Å². The molecular weight excluding hydrogens is 486 g/mol. The molecule has 9 heteroatoms. The molecule has 4 rings (SSSR count). The first-order valence-electron chi connectivity index (χ1n) is 12.4. The van der Waals surface area contributed by atoms with Crippen molar-refractivity contribution in [3.8, 4) is 17.2 Å². The number of urea groups is 1. The average molecular weight is 518 g/mol. The highest BCUT2D eigenvalue weighted by Gasteiger charge is 2.46. The summed E-state index contributed by atoms with van der Waals surface area (Å²) in [5, 5.41) is 2.82. The molecule has 0 saturated carbocycles. The zero-order chi connectivity index (χ0) is 27.1. The summed E-state index contributed by atoms with van der Waals surface area (Å²) < 4.78 is 16.0. The molecule has 1 heterocycles. The molecule has 0 radical (unpaired) electrons. The quantitative estimate of drug-likeness (QED) is 0.365. The van der Waals surface area contributed by atoms with Gasteiger partial charge < -0.3 is 24.4 Å². The van der Waals surface area contributed by atoms with Crippen molar-refractivity contribution in [3.63, 3.8) is 0 Å². The molecule has 0 spiro atoms.